The van der Waals surface area contributed by atoms with Crippen LogP contribution in [0.1, 0.15) is 0 Å². The van der Waals surface area contributed by atoms with E-state index in [9.17, 15) is 15.0 Å². The number of aromatic nitrogens is 1. The number of aromatic amines is 1. The molecule has 0 atom stereocenters. The molecule has 1 heterocycles. The number of rotatable bonds is 2. The van der Waals surface area contributed by atoms with Crippen molar-refractivity contribution in [3.8, 4) is 23.0 Å². The van der Waals surface area contributed by atoms with Crippen molar-refractivity contribution in [3.05, 3.63) is 55.7 Å². The quantitative estimate of drug-likeness (QED) is 0.571. The first-order valence-electron chi connectivity index (χ1n) is 6.16. The molecule has 7 heteroatoms. The smallest absolute Gasteiger partial charge is 0.252 e. The zero-order valence-corrected chi connectivity index (χ0v) is 14.1. The van der Waals surface area contributed by atoms with E-state index in [4.69, 9.17) is 4.74 Å². The molecule has 0 aliphatic heterocycles. The van der Waals surface area contributed by atoms with Crippen molar-refractivity contribution in [2.45, 2.75) is 0 Å². The highest BCUT2D eigenvalue weighted by Crippen LogP contribution is 2.40. The van der Waals surface area contributed by atoms with Crippen LogP contribution in [0.15, 0.2) is 50.1 Å². The number of nitrogens with one attached hydrogen (secondary N) is 1. The zero-order chi connectivity index (χ0) is 15.9. The van der Waals surface area contributed by atoms with Gasteiger partial charge in [0.05, 0.1) is 14.5 Å². The van der Waals surface area contributed by atoms with Crippen LogP contribution in [-0.4, -0.2) is 15.2 Å². The lowest BCUT2D eigenvalue weighted by atomic mass is 10.2. The molecule has 22 heavy (non-hydrogen) atoms. The van der Waals surface area contributed by atoms with Crippen LogP contribution in [0.2, 0.25) is 0 Å². The summed E-state index contributed by atoms with van der Waals surface area (Å²) < 4.78 is 6.93. The molecule has 0 aliphatic rings. The number of pyridine rings is 1. The third kappa shape index (κ3) is 2.82. The molecular formula is C15H9Br2NO4. The molecule has 0 bridgehead atoms. The monoisotopic (exact) mass is 425 g/mol. The van der Waals surface area contributed by atoms with Gasteiger partial charge in [0.1, 0.15) is 17.2 Å². The van der Waals surface area contributed by atoms with Gasteiger partial charge < -0.3 is 19.9 Å². The molecule has 0 fully saturated rings. The normalized spacial score (nSPS) is 10.8. The van der Waals surface area contributed by atoms with E-state index in [1.54, 1.807) is 18.2 Å². The maximum absolute atomic E-state index is 11.3. The SMILES string of the molecule is O=c1cc(O)c2cc(Oc3c(Br)cc(O)cc3Br)ccc2[nH]1. The van der Waals surface area contributed by atoms with E-state index < -0.39 is 0 Å². The fourth-order valence-corrected chi connectivity index (χ4v) is 3.36. The lowest BCUT2D eigenvalue weighted by Gasteiger charge is -2.11. The van der Waals surface area contributed by atoms with Crippen molar-refractivity contribution in [2.75, 3.05) is 0 Å². The van der Waals surface area contributed by atoms with Gasteiger partial charge in [-0.2, -0.15) is 0 Å². The maximum atomic E-state index is 11.3. The average Bonchev–Trinajstić information content (AvgIpc) is 2.43. The maximum Gasteiger partial charge on any atom is 0.252 e. The van der Waals surface area contributed by atoms with Crippen molar-refractivity contribution in [2.24, 2.45) is 0 Å². The van der Waals surface area contributed by atoms with Crippen LogP contribution in [0.4, 0.5) is 0 Å². The number of hydrogen-bond donors (Lipinski definition) is 3. The number of H-pyrrole nitrogens is 1. The first kappa shape index (κ1) is 14.9. The van der Waals surface area contributed by atoms with Crippen LogP contribution >= 0.6 is 31.9 Å². The Morgan fingerprint density at radius 1 is 1.00 bits per heavy atom. The summed E-state index contributed by atoms with van der Waals surface area (Å²) in [5.41, 5.74) is 0.142. The predicted octanol–water partition coefficient (Wildman–Crippen LogP) is 4.26. The standard InChI is InChI=1S/C15H9Br2NO4/c16-10-3-7(19)4-11(17)15(10)22-8-1-2-12-9(5-8)13(20)6-14(21)18-12/h1-6,19H,(H2,18,20,21). The van der Waals surface area contributed by atoms with Gasteiger partial charge in [0.15, 0.2) is 5.75 Å². The Hall–Kier alpha value is -1.99. The molecule has 1 aromatic heterocycles. The summed E-state index contributed by atoms with van der Waals surface area (Å²) >= 11 is 6.63. The molecule has 0 amide bonds. The molecule has 0 spiro atoms. The molecule has 112 valence electrons. The third-order valence-electron chi connectivity index (χ3n) is 3.00. The second-order valence-corrected chi connectivity index (χ2v) is 6.28. The van der Waals surface area contributed by atoms with Crippen LogP contribution in [0.25, 0.3) is 10.9 Å². The van der Waals surface area contributed by atoms with Crippen LogP contribution in [0.3, 0.4) is 0 Å². The van der Waals surface area contributed by atoms with Gasteiger partial charge in [0.25, 0.3) is 5.56 Å². The van der Waals surface area contributed by atoms with E-state index in [-0.39, 0.29) is 17.1 Å². The van der Waals surface area contributed by atoms with E-state index in [1.165, 1.54) is 12.1 Å². The number of phenols is 1. The molecule has 0 radical (unpaired) electrons. The number of aromatic hydroxyl groups is 2. The van der Waals surface area contributed by atoms with E-state index in [0.717, 1.165) is 6.07 Å². The number of hydrogen-bond acceptors (Lipinski definition) is 4. The first-order chi connectivity index (χ1) is 10.4. The zero-order valence-electron chi connectivity index (χ0n) is 10.9. The molecule has 3 N–H and O–H groups in total. The molecule has 0 unspecified atom stereocenters. The van der Waals surface area contributed by atoms with Gasteiger partial charge in [-0.3, -0.25) is 4.79 Å². The van der Waals surface area contributed by atoms with Gasteiger partial charge in [-0.25, -0.2) is 0 Å². The number of phenolic OH excluding ortho intramolecular Hbond substituents is 1. The minimum atomic E-state index is -0.373. The molecule has 0 aliphatic carbocycles. The van der Waals surface area contributed by atoms with Gasteiger partial charge in [0.2, 0.25) is 0 Å². The number of fused-ring (bicyclic) bond motifs is 1. The highest BCUT2D eigenvalue weighted by atomic mass is 79.9. The van der Waals surface area contributed by atoms with Crippen LogP contribution in [-0.2, 0) is 0 Å². The summed E-state index contributed by atoms with van der Waals surface area (Å²) in [7, 11) is 0. The highest BCUT2D eigenvalue weighted by Gasteiger charge is 2.11. The minimum Gasteiger partial charge on any atom is -0.508 e. The number of halogens is 2. The molecule has 5 nitrogen and oxygen atoms in total. The van der Waals surface area contributed by atoms with Crippen molar-refractivity contribution in [1.29, 1.82) is 0 Å². The second kappa shape index (κ2) is 5.66. The first-order valence-corrected chi connectivity index (χ1v) is 7.74. The minimum absolute atomic E-state index is 0.0971. The Bertz CT molecular complexity index is 913. The third-order valence-corrected chi connectivity index (χ3v) is 4.17. The molecular weight excluding hydrogens is 418 g/mol. The van der Waals surface area contributed by atoms with Crippen molar-refractivity contribution in [3.63, 3.8) is 0 Å². The lowest BCUT2D eigenvalue weighted by molar-refractivity contribution is 0.459. The fourth-order valence-electron chi connectivity index (χ4n) is 2.04. The molecule has 0 saturated heterocycles. The fraction of sp³-hybridized carbons (Fsp3) is 0. The topological polar surface area (TPSA) is 82.6 Å². The van der Waals surface area contributed by atoms with Crippen molar-refractivity contribution < 1.29 is 14.9 Å². The highest BCUT2D eigenvalue weighted by molar-refractivity contribution is 9.11. The van der Waals surface area contributed by atoms with E-state index in [2.05, 4.69) is 36.8 Å². The van der Waals surface area contributed by atoms with E-state index in [1.807, 2.05) is 0 Å². The Morgan fingerprint density at radius 2 is 1.68 bits per heavy atom. The Balaban J connectivity index is 2.07. The van der Waals surface area contributed by atoms with Crippen LogP contribution < -0.4 is 10.3 Å². The van der Waals surface area contributed by atoms with Crippen molar-refractivity contribution in [1.82, 2.24) is 4.98 Å². The summed E-state index contributed by atoms with van der Waals surface area (Å²) in [6.07, 6.45) is 0. The summed E-state index contributed by atoms with van der Waals surface area (Å²) in [6, 6.07) is 9.06. The molecule has 3 aromatic rings. The van der Waals surface area contributed by atoms with Gasteiger partial charge in [0, 0.05) is 11.5 Å². The van der Waals surface area contributed by atoms with Crippen molar-refractivity contribution >= 4 is 42.8 Å². The largest absolute Gasteiger partial charge is 0.508 e. The lowest BCUT2D eigenvalue weighted by Crippen LogP contribution is -2.02. The summed E-state index contributed by atoms with van der Waals surface area (Å²) in [5, 5.41) is 19.8. The molecule has 0 saturated carbocycles. The number of benzene rings is 2. The Morgan fingerprint density at radius 3 is 2.36 bits per heavy atom. The average molecular weight is 427 g/mol. The number of ether oxygens (including phenoxy) is 1. The van der Waals surface area contributed by atoms with Crippen LogP contribution in [0.5, 0.6) is 23.0 Å². The Kier molecular flexibility index (Phi) is 3.84. The summed E-state index contributed by atoms with van der Waals surface area (Å²) in [4.78, 5) is 13.9. The molecule has 2 aromatic carbocycles. The molecule has 3 rings (SSSR count). The van der Waals surface area contributed by atoms with Gasteiger partial charge in [-0.05, 0) is 62.2 Å². The second-order valence-electron chi connectivity index (χ2n) is 4.57. The van der Waals surface area contributed by atoms with Gasteiger partial charge in [-0.15, -0.1) is 0 Å². The van der Waals surface area contributed by atoms with Crippen LogP contribution in [0, 0.1) is 0 Å². The van der Waals surface area contributed by atoms with Gasteiger partial charge in [-0.1, -0.05) is 0 Å². The summed E-state index contributed by atoms with van der Waals surface area (Å²) in [6.45, 7) is 0. The van der Waals surface area contributed by atoms with E-state index >= 15 is 0 Å². The predicted molar refractivity (Wildman–Crippen MR) is 89.8 cm³/mol. The van der Waals surface area contributed by atoms with Gasteiger partial charge >= 0.3 is 0 Å². The Labute approximate surface area is 141 Å². The van der Waals surface area contributed by atoms with E-state index in [0.29, 0.717) is 31.3 Å². The summed E-state index contributed by atoms with van der Waals surface area (Å²) in [5.74, 6) is 0.941.